The summed E-state index contributed by atoms with van der Waals surface area (Å²) in [6.45, 7) is 2.36. The number of rotatable bonds is 3. The summed E-state index contributed by atoms with van der Waals surface area (Å²) < 4.78 is 0. The van der Waals surface area contributed by atoms with Crippen molar-refractivity contribution in [1.82, 2.24) is 10.3 Å². The standard InChI is InChI=1S/C15H18N2/c1-15(7-8-15)14(16-2)12-5-3-4-11-6-9-17-10-13(11)12/h3-6,9-10,14,16H,7-8H2,1-2H3. The Kier molecular flexibility index (Phi) is 2.40. The third kappa shape index (κ3) is 1.73. The van der Waals surface area contributed by atoms with E-state index in [0.717, 1.165) is 0 Å². The Balaban J connectivity index is 2.16. The third-order valence-electron chi connectivity index (χ3n) is 4.05. The number of benzene rings is 1. The fourth-order valence-electron chi connectivity index (χ4n) is 2.75. The van der Waals surface area contributed by atoms with E-state index in [9.17, 15) is 0 Å². The van der Waals surface area contributed by atoms with Gasteiger partial charge >= 0.3 is 0 Å². The van der Waals surface area contributed by atoms with E-state index in [1.54, 1.807) is 0 Å². The quantitative estimate of drug-likeness (QED) is 0.868. The van der Waals surface area contributed by atoms with Crippen LogP contribution in [0.5, 0.6) is 0 Å². The minimum atomic E-state index is 0.429. The molecule has 1 saturated carbocycles. The van der Waals surface area contributed by atoms with Gasteiger partial charge in [-0.05, 0) is 42.3 Å². The van der Waals surface area contributed by atoms with Crippen molar-refractivity contribution in [3.63, 3.8) is 0 Å². The van der Waals surface area contributed by atoms with Crippen molar-refractivity contribution in [2.45, 2.75) is 25.8 Å². The Bertz CT molecular complexity index is 538. The van der Waals surface area contributed by atoms with Crippen molar-refractivity contribution < 1.29 is 0 Å². The van der Waals surface area contributed by atoms with E-state index >= 15 is 0 Å². The molecule has 1 atom stereocenters. The van der Waals surface area contributed by atoms with Gasteiger partial charge in [0.2, 0.25) is 0 Å². The summed E-state index contributed by atoms with van der Waals surface area (Å²) in [5.74, 6) is 0. The van der Waals surface area contributed by atoms with Gasteiger partial charge in [-0.2, -0.15) is 0 Å². The topological polar surface area (TPSA) is 24.9 Å². The van der Waals surface area contributed by atoms with E-state index in [1.807, 2.05) is 12.4 Å². The maximum atomic E-state index is 4.26. The van der Waals surface area contributed by atoms with Crippen LogP contribution in [0.3, 0.4) is 0 Å². The molecule has 1 aromatic carbocycles. The minimum Gasteiger partial charge on any atom is -0.313 e. The highest BCUT2D eigenvalue weighted by Crippen LogP contribution is 2.54. The molecule has 1 aliphatic rings. The number of hydrogen-bond donors (Lipinski definition) is 1. The molecule has 0 spiro atoms. The zero-order valence-corrected chi connectivity index (χ0v) is 10.4. The van der Waals surface area contributed by atoms with Gasteiger partial charge in [0.1, 0.15) is 0 Å². The number of nitrogens with one attached hydrogen (secondary N) is 1. The Morgan fingerprint density at radius 3 is 2.82 bits per heavy atom. The molecule has 1 aliphatic carbocycles. The zero-order valence-electron chi connectivity index (χ0n) is 10.4. The monoisotopic (exact) mass is 226 g/mol. The summed E-state index contributed by atoms with van der Waals surface area (Å²) in [6.07, 6.45) is 6.48. The van der Waals surface area contributed by atoms with Crippen LogP contribution in [0.1, 0.15) is 31.4 Å². The van der Waals surface area contributed by atoms with Crippen LogP contribution in [0.4, 0.5) is 0 Å². The molecule has 1 heterocycles. The second-order valence-electron chi connectivity index (χ2n) is 5.32. The lowest BCUT2D eigenvalue weighted by molar-refractivity contribution is 0.393. The van der Waals surface area contributed by atoms with Gasteiger partial charge in [-0.3, -0.25) is 4.98 Å². The molecule has 2 nitrogen and oxygen atoms in total. The average Bonchev–Trinajstić information content (AvgIpc) is 3.09. The van der Waals surface area contributed by atoms with Crippen LogP contribution in [-0.2, 0) is 0 Å². The van der Waals surface area contributed by atoms with Crippen LogP contribution < -0.4 is 5.32 Å². The molecule has 0 aliphatic heterocycles. The normalized spacial score (nSPS) is 19.2. The first-order valence-corrected chi connectivity index (χ1v) is 6.24. The summed E-state index contributed by atoms with van der Waals surface area (Å²) in [5.41, 5.74) is 1.82. The van der Waals surface area contributed by atoms with Gasteiger partial charge in [0.15, 0.2) is 0 Å². The zero-order chi connectivity index (χ0) is 11.9. The molecule has 1 unspecified atom stereocenters. The first kappa shape index (κ1) is 10.7. The van der Waals surface area contributed by atoms with Crippen molar-refractivity contribution in [3.05, 3.63) is 42.2 Å². The molecule has 1 aromatic heterocycles. The molecule has 0 saturated heterocycles. The third-order valence-corrected chi connectivity index (χ3v) is 4.05. The molecule has 1 N–H and O–H groups in total. The Morgan fingerprint density at radius 1 is 1.29 bits per heavy atom. The molecule has 88 valence electrons. The Hall–Kier alpha value is -1.41. The predicted molar refractivity (Wildman–Crippen MR) is 70.9 cm³/mol. The van der Waals surface area contributed by atoms with Crippen LogP contribution in [0, 0.1) is 5.41 Å². The number of fused-ring (bicyclic) bond motifs is 1. The highest BCUT2D eigenvalue weighted by atomic mass is 14.9. The summed E-state index contributed by atoms with van der Waals surface area (Å²) in [4.78, 5) is 4.26. The first-order valence-electron chi connectivity index (χ1n) is 6.24. The molecule has 0 radical (unpaired) electrons. The van der Waals surface area contributed by atoms with Crippen LogP contribution >= 0.6 is 0 Å². The molecule has 0 amide bonds. The summed E-state index contributed by atoms with van der Waals surface area (Å²) in [5, 5.41) is 6.04. The molecule has 17 heavy (non-hydrogen) atoms. The molecule has 2 aromatic rings. The summed E-state index contributed by atoms with van der Waals surface area (Å²) in [6, 6.07) is 9.06. The van der Waals surface area contributed by atoms with E-state index in [4.69, 9.17) is 0 Å². The van der Waals surface area contributed by atoms with Crippen molar-refractivity contribution in [2.24, 2.45) is 5.41 Å². The van der Waals surface area contributed by atoms with E-state index in [2.05, 4.69) is 48.5 Å². The fourth-order valence-corrected chi connectivity index (χ4v) is 2.75. The van der Waals surface area contributed by atoms with Gasteiger partial charge in [0.25, 0.3) is 0 Å². The molecule has 0 bridgehead atoms. The highest BCUT2D eigenvalue weighted by molar-refractivity contribution is 5.85. The van der Waals surface area contributed by atoms with Crippen molar-refractivity contribution in [1.29, 1.82) is 0 Å². The Labute approximate surface area is 102 Å². The largest absolute Gasteiger partial charge is 0.313 e. The second-order valence-corrected chi connectivity index (χ2v) is 5.32. The van der Waals surface area contributed by atoms with E-state index in [0.29, 0.717) is 11.5 Å². The van der Waals surface area contributed by atoms with Crippen molar-refractivity contribution >= 4 is 10.8 Å². The molecule has 1 fully saturated rings. The van der Waals surface area contributed by atoms with Crippen LogP contribution in [0.15, 0.2) is 36.7 Å². The number of hydrogen-bond acceptors (Lipinski definition) is 2. The second kappa shape index (κ2) is 3.81. The van der Waals surface area contributed by atoms with Gasteiger partial charge < -0.3 is 5.32 Å². The molecule has 2 heteroatoms. The molecule has 3 rings (SSSR count). The number of aromatic nitrogens is 1. The van der Waals surface area contributed by atoms with Gasteiger partial charge in [0, 0.05) is 23.8 Å². The van der Waals surface area contributed by atoms with E-state index in [1.165, 1.54) is 29.2 Å². The lowest BCUT2D eigenvalue weighted by atomic mass is 9.89. The first-order chi connectivity index (χ1) is 8.24. The van der Waals surface area contributed by atoms with Gasteiger partial charge in [-0.15, -0.1) is 0 Å². The maximum absolute atomic E-state index is 4.26. The van der Waals surface area contributed by atoms with Crippen LogP contribution in [0.25, 0.3) is 10.8 Å². The smallest absolute Gasteiger partial charge is 0.0378 e. The van der Waals surface area contributed by atoms with E-state index < -0.39 is 0 Å². The van der Waals surface area contributed by atoms with Gasteiger partial charge in [0.05, 0.1) is 0 Å². The molecular formula is C15H18N2. The predicted octanol–water partition coefficient (Wildman–Crippen LogP) is 3.30. The number of nitrogens with zero attached hydrogens (tertiary/aromatic N) is 1. The maximum Gasteiger partial charge on any atom is 0.0378 e. The van der Waals surface area contributed by atoms with E-state index in [-0.39, 0.29) is 0 Å². The number of pyridine rings is 1. The lowest BCUT2D eigenvalue weighted by Crippen LogP contribution is -2.24. The van der Waals surface area contributed by atoms with Crippen molar-refractivity contribution in [2.75, 3.05) is 7.05 Å². The SMILES string of the molecule is CNC(c1cccc2ccncc12)C1(C)CC1. The summed E-state index contributed by atoms with van der Waals surface area (Å²) in [7, 11) is 2.06. The van der Waals surface area contributed by atoms with Crippen LogP contribution in [-0.4, -0.2) is 12.0 Å². The summed E-state index contributed by atoms with van der Waals surface area (Å²) >= 11 is 0. The van der Waals surface area contributed by atoms with Gasteiger partial charge in [-0.1, -0.05) is 25.1 Å². The highest BCUT2D eigenvalue weighted by Gasteiger charge is 2.45. The van der Waals surface area contributed by atoms with Crippen molar-refractivity contribution in [3.8, 4) is 0 Å². The molecular weight excluding hydrogens is 208 g/mol. The van der Waals surface area contributed by atoms with Gasteiger partial charge in [-0.25, -0.2) is 0 Å². The Morgan fingerprint density at radius 2 is 2.12 bits per heavy atom. The lowest BCUT2D eigenvalue weighted by Gasteiger charge is -2.24. The minimum absolute atomic E-state index is 0.429. The van der Waals surface area contributed by atoms with Crippen LogP contribution in [0.2, 0.25) is 0 Å². The fraction of sp³-hybridized carbons (Fsp3) is 0.400. The average molecular weight is 226 g/mol.